The molecule has 29 heavy (non-hydrogen) atoms. The highest BCUT2D eigenvalue weighted by atomic mass is 19.1. The Bertz CT molecular complexity index is 1100. The molecule has 5 nitrogen and oxygen atoms in total. The predicted molar refractivity (Wildman–Crippen MR) is 112 cm³/mol. The number of H-pyrrole nitrogens is 1. The van der Waals surface area contributed by atoms with Crippen molar-refractivity contribution in [2.24, 2.45) is 0 Å². The van der Waals surface area contributed by atoms with Crippen LogP contribution in [-0.2, 0) is 13.0 Å². The number of halogens is 1. The summed E-state index contributed by atoms with van der Waals surface area (Å²) in [4.78, 5) is 19.8. The number of fused-ring (bicyclic) bond motifs is 1. The molecular formula is C23H21FN4O. The van der Waals surface area contributed by atoms with Gasteiger partial charge in [-0.3, -0.25) is 4.79 Å². The van der Waals surface area contributed by atoms with Crippen molar-refractivity contribution in [1.82, 2.24) is 15.3 Å². The second-order valence-electron chi connectivity index (χ2n) is 6.78. The number of nitrogens with zero attached hydrogens (tertiary/aromatic N) is 1. The van der Waals surface area contributed by atoms with Gasteiger partial charge < -0.3 is 15.6 Å². The molecule has 0 unspecified atom stereocenters. The van der Waals surface area contributed by atoms with Crippen LogP contribution in [0.1, 0.15) is 21.5 Å². The third kappa shape index (κ3) is 4.60. The predicted octanol–water partition coefficient (Wildman–Crippen LogP) is 4.29. The lowest BCUT2D eigenvalue weighted by molar-refractivity contribution is 0.0950. The van der Waals surface area contributed by atoms with Crippen molar-refractivity contribution in [2.75, 3.05) is 11.9 Å². The highest BCUT2D eigenvalue weighted by molar-refractivity contribution is 5.94. The molecule has 0 saturated carbocycles. The molecule has 3 N–H and O–H groups in total. The Morgan fingerprint density at radius 3 is 2.66 bits per heavy atom. The summed E-state index contributed by atoms with van der Waals surface area (Å²) in [5, 5.41) is 7.32. The topological polar surface area (TPSA) is 69.8 Å². The zero-order chi connectivity index (χ0) is 20.1. The van der Waals surface area contributed by atoms with Crippen LogP contribution in [0.3, 0.4) is 0 Å². The fourth-order valence-electron chi connectivity index (χ4n) is 3.18. The number of pyridine rings is 1. The van der Waals surface area contributed by atoms with E-state index in [4.69, 9.17) is 0 Å². The van der Waals surface area contributed by atoms with Gasteiger partial charge in [-0.05, 0) is 47.9 Å². The first-order valence-electron chi connectivity index (χ1n) is 9.46. The zero-order valence-electron chi connectivity index (χ0n) is 15.8. The molecule has 2 aromatic heterocycles. The molecule has 0 spiro atoms. The quantitative estimate of drug-likeness (QED) is 0.442. The lowest BCUT2D eigenvalue weighted by Gasteiger charge is -2.08. The van der Waals surface area contributed by atoms with Gasteiger partial charge in [-0.2, -0.15) is 0 Å². The van der Waals surface area contributed by atoms with Crippen LogP contribution in [0.25, 0.3) is 10.9 Å². The molecule has 0 bridgehead atoms. The highest BCUT2D eigenvalue weighted by Gasteiger charge is 2.07. The molecule has 0 aliphatic carbocycles. The summed E-state index contributed by atoms with van der Waals surface area (Å²) >= 11 is 0. The number of carbonyl (C=O) groups excluding carboxylic acids is 1. The average molecular weight is 388 g/mol. The lowest BCUT2D eigenvalue weighted by Crippen LogP contribution is -2.23. The molecule has 0 saturated heterocycles. The molecule has 0 aliphatic heterocycles. The summed E-state index contributed by atoms with van der Waals surface area (Å²) in [6.07, 6.45) is 4.45. The van der Waals surface area contributed by atoms with Crippen molar-refractivity contribution < 1.29 is 9.18 Å². The first-order chi connectivity index (χ1) is 14.2. The van der Waals surface area contributed by atoms with Gasteiger partial charge in [0.1, 0.15) is 11.6 Å². The van der Waals surface area contributed by atoms with E-state index in [1.807, 2.05) is 18.3 Å². The van der Waals surface area contributed by atoms with Crippen LogP contribution < -0.4 is 10.6 Å². The van der Waals surface area contributed by atoms with E-state index in [1.165, 1.54) is 23.1 Å². The maximum atomic E-state index is 12.9. The van der Waals surface area contributed by atoms with E-state index in [0.717, 1.165) is 29.9 Å². The van der Waals surface area contributed by atoms with Crippen molar-refractivity contribution >= 4 is 22.6 Å². The minimum Gasteiger partial charge on any atom is -0.370 e. The maximum absolute atomic E-state index is 12.9. The van der Waals surface area contributed by atoms with Gasteiger partial charge in [0.15, 0.2) is 0 Å². The van der Waals surface area contributed by atoms with E-state index >= 15 is 0 Å². The normalized spacial score (nSPS) is 10.8. The van der Waals surface area contributed by atoms with Gasteiger partial charge in [-0.15, -0.1) is 0 Å². The van der Waals surface area contributed by atoms with Gasteiger partial charge in [-0.1, -0.05) is 30.3 Å². The standard InChI is InChI=1S/C23H21FN4O/c24-19-8-5-16(6-9-19)13-28-23(29)18-7-10-22(27-15-18)25-12-11-17-14-26-21-4-2-1-3-20(17)21/h1-10,14-15,26H,11-13H2,(H,25,27)(H,28,29). The Labute approximate surface area is 168 Å². The monoisotopic (exact) mass is 388 g/mol. The van der Waals surface area contributed by atoms with Gasteiger partial charge in [0.25, 0.3) is 5.91 Å². The average Bonchev–Trinajstić information content (AvgIpc) is 3.17. The molecule has 146 valence electrons. The molecule has 4 aromatic rings. The fraction of sp³-hybridized carbons (Fsp3) is 0.130. The van der Waals surface area contributed by atoms with E-state index in [1.54, 1.807) is 30.5 Å². The third-order valence-electron chi connectivity index (χ3n) is 4.77. The molecule has 6 heteroatoms. The lowest BCUT2D eigenvalue weighted by atomic mass is 10.1. The summed E-state index contributed by atoms with van der Waals surface area (Å²) in [6, 6.07) is 17.8. The van der Waals surface area contributed by atoms with E-state index in [9.17, 15) is 9.18 Å². The number of amides is 1. The number of nitrogens with one attached hydrogen (secondary N) is 3. The largest absolute Gasteiger partial charge is 0.370 e. The molecule has 0 atom stereocenters. The third-order valence-corrected chi connectivity index (χ3v) is 4.77. The summed E-state index contributed by atoms with van der Waals surface area (Å²) in [5.41, 5.74) is 3.71. The van der Waals surface area contributed by atoms with Crippen LogP contribution in [0.4, 0.5) is 10.2 Å². The zero-order valence-corrected chi connectivity index (χ0v) is 15.8. The van der Waals surface area contributed by atoms with Crippen molar-refractivity contribution in [3.05, 3.63) is 95.6 Å². The van der Waals surface area contributed by atoms with E-state index in [2.05, 4.69) is 32.7 Å². The van der Waals surface area contributed by atoms with E-state index in [0.29, 0.717) is 12.1 Å². The van der Waals surface area contributed by atoms with Crippen molar-refractivity contribution in [3.63, 3.8) is 0 Å². The number of rotatable bonds is 7. The number of carbonyl (C=O) groups is 1. The van der Waals surface area contributed by atoms with Gasteiger partial charge in [0.05, 0.1) is 5.56 Å². The van der Waals surface area contributed by atoms with E-state index < -0.39 is 0 Å². The molecule has 4 rings (SSSR count). The number of aromatic amines is 1. The molecule has 2 aromatic carbocycles. The Hall–Kier alpha value is -3.67. The van der Waals surface area contributed by atoms with Gasteiger partial charge in [0, 0.05) is 36.4 Å². The summed E-state index contributed by atoms with van der Waals surface area (Å²) in [7, 11) is 0. The Morgan fingerprint density at radius 2 is 1.86 bits per heavy atom. The Kier molecular flexibility index (Phi) is 5.52. The van der Waals surface area contributed by atoms with Crippen LogP contribution in [0.15, 0.2) is 73.1 Å². The number of hydrogen-bond acceptors (Lipinski definition) is 3. The van der Waals surface area contributed by atoms with Crippen LogP contribution >= 0.6 is 0 Å². The SMILES string of the molecule is O=C(NCc1ccc(F)cc1)c1ccc(NCCc2c[nH]c3ccccc23)nc1. The minimum absolute atomic E-state index is 0.216. The number of para-hydroxylation sites is 1. The highest BCUT2D eigenvalue weighted by Crippen LogP contribution is 2.18. The van der Waals surface area contributed by atoms with Gasteiger partial charge in [0.2, 0.25) is 0 Å². The van der Waals surface area contributed by atoms with Crippen LogP contribution in [0.2, 0.25) is 0 Å². The van der Waals surface area contributed by atoms with Crippen LogP contribution in [0, 0.1) is 5.82 Å². The molecular weight excluding hydrogens is 367 g/mol. The van der Waals surface area contributed by atoms with Crippen molar-refractivity contribution in [3.8, 4) is 0 Å². The van der Waals surface area contributed by atoms with Crippen molar-refractivity contribution in [1.29, 1.82) is 0 Å². The van der Waals surface area contributed by atoms with Crippen LogP contribution in [-0.4, -0.2) is 22.4 Å². The molecule has 0 radical (unpaired) electrons. The summed E-state index contributed by atoms with van der Waals surface area (Å²) in [5.74, 6) is 0.212. The summed E-state index contributed by atoms with van der Waals surface area (Å²) in [6.45, 7) is 1.08. The van der Waals surface area contributed by atoms with Gasteiger partial charge >= 0.3 is 0 Å². The number of benzene rings is 2. The molecule has 0 fully saturated rings. The van der Waals surface area contributed by atoms with Gasteiger partial charge in [-0.25, -0.2) is 9.37 Å². The maximum Gasteiger partial charge on any atom is 0.253 e. The minimum atomic E-state index is -0.294. The molecule has 2 heterocycles. The second kappa shape index (κ2) is 8.56. The number of aromatic nitrogens is 2. The fourth-order valence-corrected chi connectivity index (χ4v) is 3.18. The Balaban J connectivity index is 1.28. The first kappa shape index (κ1) is 18.7. The number of anilines is 1. The first-order valence-corrected chi connectivity index (χ1v) is 9.46. The number of hydrogen-bond donors (Lipinski definition) is 3. The molecule has 0 aliphatic rings. The molecule has 1 amide bonds. The second-order valence-corrected chi connectivity index (χ2v) is 6.78. The van der Waals surface area contributed by atoms with E-state index in [-0.39, 0.29) is 11.7 Å². The smallest absolute Gasteiger partial charge is 0.253 e. The van der Waals surface area contributed by atoms with Crippen LogP contribution in [0.5, 0.6) is 0 Å². The van der Waals surface area contributed by atoms with Crippen molar-refractivity contribution in [2.45, 2.75) is 13.0 Å². The Morgan fingerprint density at radius 1 is 1.03 bits per heavy atom. The summed E-state index contributed by atoms with van der Waals surface area (Å²) < 4.78 is 12.9.